The molecule has 2 aromatic heterocycles. The molecular weight excluding hydrogens is 528 g/mol. The van der Waals surface area contributed by atoms with E-state index in [1.165, 1.54) is 18.3 Å². The van der Waals surface area contributed by atoms with Gasteiger partial charge in [0.25, 0.3) is 0 Å². The molecule has 1 saturated heterocycles. The summed E-state index contributed by atoms with van der Waals surface area (Å²) >= 11 is 5.84. The Balaban J connectivity index is 1.58. The van der Waals surface area contributed by atoms with Gasteiger partial charge < -0.3 is 15.3 Å². The van der Waals surface area contributed by atoms with Gasteiger partial charge in [-0.3, -0.25) is 0 Å². The minimum atomic E-state index is -4.66. The van der Waals surface area contributed by atoms with E-state index in [1.54, 1.807) is 29.2 Å². The Bertz CT molecular complexity index is 1510. The van der Waals surface area contributed by atoms with E-state index in [2.05, 4.69) is 20.4 Å². The summed E-state index contributed by atoms with van der Waals surface area (Å²) in [6.07, 6.45) is -0.877. The van der Waals surface area contributed by atoms with E-state index in [1.807, 2.05) is 0 Å². The highest BCUT2D eigenvalue weighted by Gasteiger charge is 2.34. The number of alkyl halides is 3. The van der Waals surface area contributed by atoms with Crippen molar-refractivity contribution >= 4 is 34.9 Å². The number of nitrogens with zero attached hydrogens (tertiary/aromatic N) is 5. The molecule has 1 aliphatic rings. The lowest BCUT2D eigenvalue weighted by atomic mass is 10.1. The molecule has 2 N–H and O–H groups in total. The molecule has 8 nitrogen and oxygen atoms in total. The van der Waals surface area contributed by atoms with Gasteiger partial charge in [-0.15, -0.1) is 0 Å². The van der Waals surface area contributed by atoms with Gasteiger partial charge >= 0.3 is 12.1 Å². The van der Waals surface area contributed by atoms with Crippen LogP contribution < -0.4 is 10.2 Å². The molecule has 0 radical (unpaired) electrons. The third-order valence-electron chi connectivity index (χ3n) is 6.07. The molecule has 0 amide bonds. The molecular formula is C25H19ClF4N6O2. The second-order valence-corrected chi connectivity index (χ2v) is 8.98. The first-order valence-electron chi connectivity index (χ1n) is 11.4. The van der Waals surface area contributed by atoms with Crippen LogP contribution in [0.3, 0.4) is 0 Å². The van der Waals surface area contributed by atoms with Crippen molar-refractivity contribution in [3.05, 3.63) is 77.5 Å². The van der Waals surface area contributed by atoms with Crippen molar-refractivity contribution in [2.24, 2.45) is 0 Å². The number of carboxylic acid groups (broad SMARTS) is 1. The summed E-state index contributed by atoms with van der Waals surface area (Å²) in [6.45, 7) is 0.557. The van der Waals surface area contributed by atoms with Crippen molar-refractivity contribution in [3.8, 4) is 16.9 Å². The monoisotopic (exact) mass is 546 g/mol. The number of hydrogen-bond donors (Lipinski definition) is 2. The van der Waals surface area contributed by atoms with Crippen molar-refractivity contribution in [2.45, 2.75) is 25.1 Å². The molecule has 0 aliphatic carbocycles. The fraction of sp³-hybridized carbons (Fsp3) is 0.200. The zero-order chi connectivity index (χ0) is 27.0. The van der Waals surface area contributed by atoms with Gasteiger partial charge in [-0.25, -0.2) is 18.9 Å². The van der Waals surface area contributed by atoms with Gasteiger partial charge in [0.1, 0.15) is 11.9 Å². The molecule has 1 aliphatic heterocycles. The number of hydrogen-bond acceptors (Lipinski definition) is 6. The average molecular weight is 547 g/mol. The number of carboxylic acids is 1. The summed E-state index contributed by atoms with van der Waals surface area (Å²) in [5, 5.41) is 16.0. The lowest BCUT2D eigenvalue weighted by Crippen LogP contribution is -2.35. The Labute approximate surface area is 218 Å². The van der Waals surface area contributed by atoms with E-state index >= 15 is 0 Å². The minimum absolute atomic E-state index is 0.0112. The molecule has 1 atom stereocenters. The minimum Gasteiger partial charge on any atom is -0.480 e. The Hall–Kier alpha value is -4.19. The molecule has 5 rings (SSSR count). The van der Waals surface area contributed by atoms with Crippen LogP contribution in [-0.4, -0.2) is 43.4 Å². The molecule has 38 heavy (non-hydrogen) atoms. The van der Waals surface area contributed by atoms with Gasteiger partial charge in [0.15, 0.2) is 11.5 Å². The Morgan fingerprint density at radius 2 is 1.97 bits per heavy atom. The number of anilines is 3. The number of carbonyl (C=O) groups is 1. The standard InChI is InChI=1S/C25H19ClF4N6O2/c26-18-12-15(6-7-19(18)27)32-24-31-13-17(22(33-24)36-10-8-21(34-36)25(28,29)30)14-3-1-4-16(11-14)35-9-2-5-20(35)23(37)38/h1,3-4,6-8,10-13,20H,2,5,9H2,(H,37,38)(H,31,32,33)/t20-/m1/s1. The van der Waals surface area contributed by atoms with Gasteiger partial charge in [-0.1, -0.05) is 23.7 Å². The molecule has 3 heterocycles. The maximum Gasteiger partial charge on any atom is 0.435 e. The highest BCUT2D eigenvalue weighted by atomic mass is 35.5. The molecule has 0 bridgehead atoms. The summed E-state index contributed by atoms with van der Waals surface area (Å²) < 4.78 is 54.4. The Kier molecular flexibility index (Phi) is 6.66. The van der Waals surface area contributed by atoms with Crippen LogP contribution in [0.25, 0.3) is 16.9 Å². The van der Waals surface area contributed by atoms with Crippen LogP contribution >= 0.6 is 11.6 Å². The van der Waals surface area contributed by atoms with Crippen LogP contribution in [0, 0.1) is 5.82 Å². The largest absolute Gasteiger partial charge is 0.480 e. The summed E-state index contributed by atoms with van der Waals surface area (Å²) in [7, 11) is 0. The highest BCUT2D eigenvalue weighted by molar-refractivity contribution is 6.31. The number of rotatable bonds is 6. The van der Waals surface area contributed by atoms with Gasteiger partial charge in [0, 0.05) is 35.9 Å². The molecule has 4 aromatic rings. The third-order valence-corrected chi connectivity index (χ3v) is 6.36. The van der Waals surface area contributed by atoms with Gasteiger partial charge in [-0.05, 0) is 54.8 Å². The van der Waals surface area contributed by atoms with E-state index in [4.69, 9.17) is 11.6 Å². The molecule has 13 heteroatoms. The van der Waals surface area contributed by atoms with Gasteiger partial charge in [0.2, 0.25) is 5.95 Å². The predicted molar refractivity (Wildman–Crippen MR) is 132 cm³/mol. The zero-order valence-electron chi connectivity index (χ0n) is 19.5. The van der Waals surface area contributed by atoms with Crippen LogP contribution in [0.1, 0.15) is 18.5 Å². The first kappa shape index (κ1) is 25.5. The number of halogens is 5. The van der Waals surface area contributed by atoms with E-state index in [0.717, 1.165) is 29.4 Å². The van der Waals surface area contributed by atoms with Crippen LogP contribution in [0.5, 0.6) is 0 Å². The first-order valence-corrected chi connectivity index (χ1v) is 11.8. The van der Waals surface area contributed by atoms with E-state index < -0.39 is 29.7 Å². The van der Waals surface area contributed by atoms with Crippen molar-refractivity contribution in [3.63, 3.8) is 0 Å². The lowest BCUT2D eigenvalue weighted by molar-refractivity contribution is -0.141. The summed E-state index contributed by atoms with van der Waals surface area (Å²) in [6, 6.07) is 11.0. The zero-order valence-corrected chi connectivity index (χ0v) is 20.2. The molecule has 196 valence electrons. The number of nitrogens with one attached hydrogen (secondary N) is 1. The van der Waals surface area contributed by atoms with Gasteiger partial charge in [-0.2, -0.15) is 23.3 Å². The predicted octanol–water partition coefficient (Wildman–Crippen LogP) is 5.94. The van der Waals surface area contributed by atoms with Crippen molar-refractivity contribution in [2.75, 3.05) is 16.8 Å². The van der Waals surface area contributed by atoms with Crippen LogP contribution in [0.4, 0.5) is 34.9 Å². The van der Waals surface area contributed by atoms with Crippen LogP contribution in [-0.2, 0) is 11.0 Å². The molecule has 0 unspecified atom stereocenters. The Morgan fingerprint density at radius 3 is 2.68 bits per heavy atom. The molecule has 0 spiro atoms. The first-order chi connectivity index (χ1) is 18.1. The molecule has 2 aromatic carbocycles. The Morgan fingerprint density at radius 1 is 1.16 bits per heavy atom. The highest BCUT2D eigenvalue weighted by Crippen LogP contribution is 2.34. The SMILES string of the molecule is O=C(O)[C@H]1CCCN1c1cccc(-c2cnc(Nc3ccc(F)c(Cl)c3)nc2-n2ccc(C(F)(F)F)n2)c1. The summed E-state index contributed by atoms with van der Waals surface area (Å²) in [4.78, 5) is 22.1. The number of benzene rings is 2. The van der Waals surface area contributed by atoms with Crippen LogP contribution in [0.15, 0.2) is 60.9 Å². The average Bonchev–Trinajstić information content (AvgIpc) is 3.57. The van der Waals surface area contributed by atoms with Crippen molar-refractivity contribution < 1.29 is 27.5 Å². The normalized spacial score (nSPS) is 15.6. The summed E-state index contributed by atoms with van der Waals surface area (Å²) in [5.74, 6) is -1.49. The second kappa shape index (κ2) is 9.93. The fourth-order valence-electron chi connectivity index (χ4n) is 4.29. The van der Waals surface area contributed by atoms with Crippen molar-refractivity contribution in [1.29, 1.82) is 0 Å². The van der Waals surface area contributed by atoms with Crippen LogP contribution in [0.2, 0.25) is 5.02 Å². The van der Waals surface area contributed by atoms with Crippen molar-refractivity contribution in [1.82, 2.24) is 19.7 Å². The molecule has 0 saturated carbocycles. The summed E-state index contributed by atoms with van der Waals surface area (Å²) in [5.41, 5.74) is 0.823. The second-order valence-electron chi connectivity index (χ2n) is 8.57. The topological polar surface area (TPSA) is 96.2 Å². The number of aromatic nitrogens is 4. The smallest absolute Gasteiger partial charge is 0.435 e. The fourth-order valence-corrected chi connectivity index (χ4v) is 4.47. The van der Waals surface area contributed by atoms with E-state index in [0.29, 0.717) is 35.5 Å². The van der Waals surface area contributed by atoms with E-state index in [-0.39, 0.29) is 16.8 Å². The maximum atomic E-state index is 13.5. The third kappa shape index (κ3) is 5.12. The quantitative estimate of drug-likeness (QED) is 0.289. The maximum absolute atomic E-state index is 13.5. The lowest BCUT2D eigenvalue weighted by Gasteiger charge is -2.24. The van der Waals surface area contributed by atoms with Gasteiger partial charge in [0.05, 0.1) is 5.02 Å². The number of aliphatic carboxylic acids is 1. The molecule has 1 fully saturated rings. The van der Waals surface area contributed by atoms with E-state index in [9.17, 15) is 27.5 Å².